The van der Waals surface area contributed by atoms with Crippen molar-refractivity contribution in [3.8, 4) is 0 Å². The van der Waals surface area contributed by atoms with E-state index in [4.69, 9.17) is 4.91 Å². The van der Waals surface area contributed by atoms with Gasteiger partial charge in [0.15, 0.2) is 5.34 Å². The van der Waals surface area contributed by atoms with Gasteiger partial charge in [-0.2, -0.15) is 0 Å². The van der Waals surface area contributed by atoms with E-state index in [0.29, 0.717) is 6.61 Å². The summed E-state index contributed by atoms with van der Waals surface area (Å²) in [7, 11) is 0. The lowest BCUT2D eigenvalue weighted by molar-refractivity contribution is 0.154. The van der Waals surface area contributed by atoms with Crippen molar-refractivity contribution in [1.82, 2.24) is 0 Å². The Balaban J connectivity index is 0. The molecular formula is C2H6INO2. The van der Waals surface area contributed by atoms with Crippen LogP contribution in [-0.4, -0.2) is 6.61 Å². The van der Waals surface area contributed by atoms with Crippen LogP contribution in [0.3, 0.4) is 0 Å². The Bertz CT molecular complexity index is 32.7. The minimum Gasteiger partial charge on any atom is -0.364 e. The highest BCUT2D eigenvalue weighted by atomic mass is 127. The summed E-state index contributed by atoms with van der Waals surface area (Å²) in [5, 5.41) is 2.10. The molecule has 0 aromatic heterocycles. The highest BCUT2D eigenvalue weighted by Gasteiger charge is 1.62. The summed E-state index contributed by atoms with van der Waals surface area (Å²) < 4.78 is 0. The van der Waals surface area contributed by atoms with Crippen LogP contribution in [0.2, 0.25) is 0 Å². The number of rotatable bonds is 2. The van der Waals surface area contributed by atoms with E-state index in [1.54, 1.807) is 6.92 Å². The molecule has 0 aromatic carbocycles. The van der Waals surface area contributed by atoms with Crippen molar-refractivity contribution in [1.29, 1.82) is 0 Å². The molecule has 4 heteroatoms. The summed E-state index contributed by atoms with van der Waals surface area (Å²) >= 11 is 0. The van der Waals surface area contributed by atoms with Gasteiger partial charge in [0, 0.05) is 0 Å². The molecule has 0 aliphatic carbocycles. The summed E-state index contributed by atoms with van der Waals surface area (Å²) in [5.41, 5.74) is 0. The molecule has 0 rings (SSSR count). The largest absolute Gasteiger partial charge is 0.364 e. The lowest BCUT2D eigenvalue weighted by Gasteiger charge is -1.76. The molecule has 0 aromatic rings. The predicted molar refractivity (Wildman–Crippen MR) is 32.8 cm³/mol. The zero-order valence-corrected chi connectivity index (χ0v) is 5.71. The van der Waals surface area contributed by atoms with Crippen molar-refractivity contribution in [2.24, 2.45) is 5.34 Å². The van der Waals surface area contributed by atoms with Crippen LogP contribution in [0.25, 0.3) is 0 Å². The summed E-state index contributed by atoms with van der Waals surface area (Å²) in [6, 6.07) is 0. The van der Waals surface area contributed by atoms with Gasteiger partial charge in [-0.1, -0.05) is 0 Å². The fourth-order valence-corrected chi connectivity index (χ4v) is 0.0527. The minimum atomic E-state index is 0. The second kappa shape index (κ2) is 8.93. The van der Waals surface area contributed by atoms with E-state index in [-0.39, 0.29) is 24.0 Å². The van der Waals surface area contributed by atoms with Crippen LogP contribution in [0, 0.1) is 4.91 Å². The monoisotopic (exact) mass is 203 g/mol. The SMILES string of the molecule is CCON=O.I. The molecule has 0 heterocycles. The molecule has 0 amide bonds. The lowest BCUT2D eigenvalue weighted by atomic mass is 10.9. The first-order valence-electron chi connectivity index (χ1n) is 1.36. The molecule has 0 saturated heterocycles. The molecule has 0 radical (unpaired) electrons. The first-order chi connectivity index (χ1) is 2.41. The van der Waals surface area contributed by atoms with Gasteiger partial charge in [-0.15, -0.1) is 28.9 Å². The van der Waals surface area contributed by atoms with Gasteiger partial charge in [-0.25, -0.2) is 0 Å². The molecule has 3 nitrogen and oxygen atoms in total. The third kappa shape index (κ3) is 8.92. The van der Waals surface area contributed by atoms with Crippen LogP contribution in [0.15, 0.2) is 5.34 Å². The Morgan fingerprint density at radius 1 is 1.83 bits per heavy atom. The maximum atomic E-state index is 8.93. The van der Waals surface area contributed by atoms with Gasteiger partial charge >= 0.3 is 0 Å². The van der Waals surface area contributed by atoms with Crippen molar-refractivity contribution < 1.29 is 4.84 Å². The van der Waals surface area contributed by atoms with Gasteiger partial charge in [0.1, 0.15) is 6.61 Å². The first kappa shape index (κ1) is 9.46. The molecule has 0 unspecified atom stereocenters. The zero-order valence-electron chi connectivity index (χ0n) is 3.38. The molecule has 0 aliphatic rings. The maximum Gasteiger partial charge on any atom is 0.155 e. The highest BCUT2D eigenvalue weighted by molar-refractivity contribution is 14.0. The van der Waals surface area contributed by atoms with E-state index in [1.165, 1.54) is 0 Å². The molecule has 0 atom stereocenters. The third-order valence-corrected chi connectivity index (χ3v) is 0.182. The predicted octanol–water partition coefficient (Wildman–Crippen LogP) is 1.32. The zero-order chi connectivity index (χ0) is 4.12. The maximum absolute atomic E-state index is 8.93. The molecule has 38 valence electrons. The van der Waals surface area contributed by atoms with Crippen molar-refractivity contribution in [2.75, 3.05) is 6.61 Å². The lowest BCUT2D eigenvalue weighted by Crippen LogP contribution is -1.71. The van der Waals surface area contributed by atoms with Gasteiger partial charge in [0.25, 0.3) is 0 Å². The Labute approximate surface area is 53.0 Å². The third-order valence-electron chi connectivity index (χ3n) is 0.182. The number of hydrogen-bond donors (Lipinski definition) is 0. The van der Waals surface area contributed by atoms with Crippen molar-refractivity contribution in [3.63, 3.8) is 0 Å². The average molecular weight is 203 g/mol. The molecule has 0 N–H and O–H groups in total. The van der Waals surface area contributed by atoms with E-state index < -0.39 is 0 Å². The highest BCUT2D eigenvalue weighted by Crippen LogP contribution is 1.65. The normalized spacial score (nSPS) is 5.50. The van der Waals surface area contributed by atoms with Crippen LogP contribution in [0.5, 0.6) is 0 Å². The minimum absolute atomic E-state index is 0. The summed E-state index contributed by atoms with van der Waals surface area (Å²) in [6.07, 6.45) is 0. The molecule has 0 bridgehead atoms. The van der Waals surface area contributed by atoms with Crippen LogP contribution < -0.4 is 0 Å². The molecule has 0 spiro atoms. The Morgan fingerprint density at radius 3 is 2.33 bits per heavy atom. The molecule has 0 aliphatic heterocycles. The van der Waals surface area contributed by atoms with Gasteiger partial charge in [0.05, 0.1) is 0 Å². The Hall–Kier alpha value is 0.130. The summed E-state index contributed by atoms with van der Waals surface area (Å²) in [5.74, 6) is 0. The smallest absolute Gasteiger partial charge is 0.155 e. The summed E-state index contributed by atoms with van der Waals surface area (Å²) in [4.78, 5) is 12.8. The van der Waals surface area contributed by atoms with E-state index in [1.807, 2.05) is 0 Å². The fraction of sp³-hybridized carbons (Fsp3) is 1.00. The molecule has 0 saturated carbocycles. The van der Waals surface area contributed by atoms with Crippen LogP contribution >= 0.6 is 24.0 Å². The fourth-order valence-electron chi connectivity index (χ4n) is 0.0527. The van der Waals surface area contributed by atoms with E-state index in [9.17, 15) is 0 Å². The number of hydrogen-bond acceptors (Lipinski definition) is 3. The van der Waals surface area contributed by atoms with E-state index >= 15 is 0 Å². The first-order valence-corrected chi connectivity index (χ1v) is 1.36. The average Bonchev–Trinajstić information content (AvgIpc) is 1.41. The van der Waals surface area contributed by atoms with Crippen molar-refractivity contribution >= 4 is 24.0 Å². The van der Waals surface area contributed by atoms with Gasteiger partial charge < -0.3 is 4.84 Å². The Kier molecular flexibility index (Phi) is 14.1. The van der Waals surface area contributed by atoms with Gasteiger partial charge in [-0.05, 0) is 6.92 Å². The topological polar surface area (TPSA) is 38.7 Å². The van der Waals surface area contributed by atoms with Gasteiger partial charge in [0.2, 0.25) is 0 Å². The van der Waals surface area contributed by atoms with Crippen molar-refractivity contribution in [2.45, 2.75) is 6.92 Å². The number of halogens is 1. The quantitative estimate of drug-likeness (QED) is 0.385. The van der Waals surface area contributed by atoms with Crippen LogP contribution in [0.4, 0.5) is 0 Å². The number of nitrogens with zero attached hydrogens (tertiary/aromatic N) is 1. The van der Waals surface area contributed by atoms with E-state index in [2.05, 4.69) is 10.2 Å². The van der Waals surface area contributed by atoms with Crippen LogP contribution in [-0.2, 0) is 4.84 Å². The molecular weight excluding hydrogens is 197 g/mol. The molecule has 6 heavy (non-hydrogen) atoms. The summed E-state index contributed by atoms with van der Waals surface area (Å²) in [6.45, 7) is 2.06. The second-order valence-electron chi connectivity index (χ2n) is 0.492. The Morgan fingerprint density at radius 2 is 2.33 bits per heavy atom. The van der Waals surface area contributed by atoms with Crippen molar-refractivity contribution in [3.05, 3.63) is 4.91 Å². The van der Waals surface area contributed by atoms with Crippen LogP contribution in [0.1, 0.15) is 6.92 Å². The standard InChI is InChI=1S/C2H5NO2.HI/c1-2-5-3-4;/h2H2,1H3;1H. The van der Waals surface area contributed by atoms with Gasteiger partial charge in [-0.3, -0.25) is 0 Å². The molecule has 0 fully saturated rings. The van der Waals surface area contributed by atoms with E-state index in [0.717, 1.165) is 0 Å². The second-order valence-corrected chi connectivity index (χ2v) is 0.492.